The summed E-state index contributed by atoms with van der Waals surface area (Å²) in [4.78, 5) is 34.5. The zero-order chi connectivity index (χ0) is 16.8. The lowest BCUT2D eigenvalue weighted by atomic mass is 10.0. The standard InChI is InChI=1S/C16H25N5O2/c1-11-6-4-5-9-21(11)15(22)12(2)19-16(23)18-10-14-7-8-17-13(3)20-14/h7-8,11-12H,4-6,9-10H2,1-3H3,(H2,18,19,23)/t11-,12-/m1/s1. The molecule has 1 aliphatic heterocycles. The number of hydrogen-bond donors (Lipinski definition) is 2. The van der Waals surface area contributed by atoms with Gasteiger partial charge in [-0.3, -0.25) is 4.79 Å². The maximum atomic E-state index is 12.4. The minimum atomic E-state index is -0.539. The monoisotopic (exact) mass is 319 g/mol. The van der Waals surface area contributed by atoms with Gasteiger partial charge in [0.2, 0.25) is 5.91 Å². The van der Waals surface area contributed by atoms with Crippen molar-refractivity contribution in [2.24, 2.45) is 0 Å². The van der Waals surface area contributed by atoms with Crippen LogP contribution in [0.4, 0.5) is 4.79 Å². The molecule has 0 saturated carbocycles. The molecular weight excluding hydrogens is 294 g/mol. The van der Waals surface area contributed by atoms with Crippen molar-refractivity contribution in [3.8, 4) is 0 Å². The normalized spacial score (nSPS) is 19.1. The number of nitrogens with one attached hydrogen (secondary N) is 2. The molecule has 1 aromatic rings. The van der Waals surface area contributed by atoms with Crippen LogP contribution in [0, 0.1) is 6.92 Å². The minimum Gasteiger partial charge on any atom is -0.338 e. The number of nitrogens with zero attached hydrogens (tertiary/aromatic N) is 3. The molecule has 1 saturated heterocycles. The van der Waals surface area contributed by atoms with E-state index in [2.05, 4.69) is 27.5 Å². The zero-order valence-electron chi connectivity index (χ0n) is 14.0. The van der Waals surface area contributed by atoms with Gasteiger partial charge in [0.05, 0.1) is 12.2 Å². The van der Waals surface area contributed by atoms with Crippen molar-refractivity contribution in [2.75, 3.05) is 6.54 Å². The molecule has 126 valence electrons. The van der Waals surface area contributed by atoms with Gasteiger partial charge in [0.25, 0.3) is 0 Å². The molecule has 2 atom stereocenters. The molecule has 2 rings (SSSR count). The summed E-state index contributed by atoms with van der Waals surface area (Å²) >= 11 is 0. The summed E-state index contributed by atoms with van der Waals surface area (Å²) in [6.07, 6.45) is 4.87. The van der Waals surface area contributed by atoms with E-state index in [-0.39, 0.29) is 18.0 Å². The van der Waals surface area contributed by atoms with Crippen molar-refractivity contribution in [3.05, 3.63) is 23.8 Å². The lowest BCUT2D eigenvalue weighted by Crippen LogP contribution is -2.53. The molecule has 1 fully saturated rings. The van der Waals surface area contributed by atoms with E-state index in [1.54, 1.807) is 26.1 Å². The van der Waals surface area contributed by atoms with Gasteiger partial charge in [0, 0.05) is 18.8 Å². The average molecular weight is 319 g/mol. The number of carbonyl (C=O) groups is 2. The number of amides is 3. The second-order valence-corrected chi connectivity index (χ2v) is 6.02. The van der Waals surface area contributed by atoms with Gasteiger partial charge in [-0.1, -0.05) is 0 Å². The Bertz CT molecular complexity index is 563. The van der Waals surface area contributed by atoms with Crippen molar-refractivity contribution >= 4 is 11.9 Å². The number of carbonyl (C=O) groups excluding carboxylic acids is 2. The summed E-state index contributed by atoms with van der Waals surface area (Å²) in [5, 5.41) is 5.41. The topological polar surface area (TPSA) is 87.2 Å². The molecule has 0 aliphatic carbocycles. The number of piperidine rings is 1. The largest absolute Gasteiger partial charge is 0.338 e. The summed E-state index contributed by atoms with van der Waals surface area (Å²) < 4.78 is 0. The van der Waals surface area contributed by atoms with Crippen LogP contribution in [0.3, 0.4) is 0 Å². The molecule has 1 aromatic heterocycles. The van der Waals surface area contributed by atoms with Gasteiger partial charge < -0.3 is 15.5 Å². The Hall–Kier alpha value is -2.18. The van der Waals surface area contributed by atoms with Gasteiger partial charge in [0.1, 0.15) is 11.9 Å². The number of aromatic nitrogens is 2. The predicted molar refractivity (Wildman–Crippen MR) is 86.6 cm³/mol. The number of hydrogen-bond acceptors (Lipinski definition) is 4. The second kappa shape index (κ2) is 7.89. The number of urea groups is 1. The van der Waals surface area contributed by atoms with E-state index in [0.717, 1.165) is 31.5 Å². The summed E-state index contributed by atoms with van der Waals surface area (Å²) in [7, 11) is 0. The van der Waals surface area contributed by atoms with E-state index in [0.29, 0.717) is 12.4 Å². The number of aryl methyl sites for hydroxylation is 1. The van der Waals surface area contributed by atoms with Crippen LogP contribution in [0.25, 0.3) is 0 Å². The summed E-state index contributed by atoms with van der Waals surface area (Å²) in [5.74, 6) is 0.637. The molecule has 0 unspecified atom stereocenters. The molecule has 2 N–H and O–H groups in total. The van der Waals surface area contributed by atoms with Crippen LogP contribution >= 0.6 is 0 Å². The Labute approximate surface area is 136 Å². The molecule has 3 amide bonds. The van der Waals surface area contributed by atoms with Crippen LogP contribution < -0.4 is 10.6 Å². The third-order valence-corrected chi connectivity index (χ3v) is 4.07. The molecule has 7 heteroatoms. The van der Waals surface area contributed by atoms with Crippen molar-refractivity contribution < 1.29 is 9.59 Å². The second-order valence-electron chi connectivity index (χ2n) is 6.02. The van der Waals surface area contributed by atoms with Crippen LogP contribution in [-0.4, -0.2) is 45.4 Å². The lowest BCUT2D eigenvalue weighted by Gasteiger charge is -2.35. The maximum Gasteiger partial charge on any atom is 0.315 e. The lowest BCUT2D eigenvalue weighted by molar-refractivity contribution is -0.136. The number of likely N-dealkylation sites (tertiary alicyclic amines) is 1. The fraction of sp³-hybridized carbons (Fsp3) is 0.625. The van der Waals surface area contributed by atoms with E-state index >= 15 is 0 Å². The fourth-order valence-electron chi connectivity index (χ4n) is 2.76. The molecule has 1 aliphatic rings. The van der Waals surface area contributed by atoms with Crippen LogP contribution in [0.15, 0.2) is 12.3 Å². The van der Waals surface area contributed by atoms with Gasteiger partial charge in [0.15, 0.2) is 0 Å². The summed E-state index contributed by atoms with van der Waals surface area (Å²) in [6.45, 7) is 6.65. The van der Waals surface area contributed by atoms with Crippen molar-refractivity contribution in [1.82, 2.24) is 25.5 Å². The quantitative estimate of drug-likeness (QED) is 0.877. The Balaban J connectivity index is 1.80. The van der Waals surface area contributed by atoms with Gasteiger partial charge in [-0.05, 0) is 46.1 Å². The van der Waals surface area contributed by atoms with Crippen LogP contribution in [0.1, 0.15) is 44.6 Å². The molecule has 0 spiro atoms. The van der Waals surface area contributed by atoms with Gasteiger partial charge in [-0.25, -0.2) is 14.8 Å². The molecule has 7 nitrogen and oxygen atoms in total. The highest BCUT2D eigenvalue weighted by Crippen LogP contribution is 2.17. The van der Waals surface area contributed by atoms with E-state index in [9.17, 15) is 9.59 Å². The first kappa shape index (κ1) is 17.2. The highest BCUT2D eigenvalue weighted by molar-refractivity contribution is 5.86. The smallest absolute Gasteiger partial charge is 0.315 e. The highest BCUT2D eigenvalue weighted by atomic mass is 16.2. The third-order valence-electron chi connectivity index (χ3n) is 4.07. The molecule has 2 heterocycles. The summed E-state index contributed by atoms with van der Waals surface area (Å²) in [6, 6.07) is 1.08. The van der Waals surface area contributed by atoms with E-state index in [1.807, 2.05) is 4.90 Å². The van der Waals surface area contributed by atoms with Gasteiger partial charge >= 0.3 is 6.03 Å². The van der Waals surface area contributed by atoms with E-state index < -0.39 is 6.04 Å². The predicted octanol–water partition coefficient (Wildman–Crippen LogP) is 1.37. The van der Waals surface area contributed by atoms with Gasteiger partial charge in [-0.2, -0.15) is 0 Å². The van der Waals surface area contributed by atoms with Gasteiger partial charge in [-0.15, -0.1) is 0 Å². The van der Waals surface area contributed by atoms with E-state index in [4.69, 9.17) is 0 Å². The maximum absolute atomic E-state index is 12.4. The number of rotatable bonds is 4. The van der Waals surface area contributed by atoms with Crippen LogP contribution in [-0.2, 0) is 11.3 Å². The Kier molecular flexibility index (Phi) is 5.90. The fourth-order valence-corrected chi connectivity index (χ4v) is 2.76. The Morgan fingerprint density at radius 3 is 2.91 bits per heavy atom. The average Bonchev–Trinajstić information content (AvgIpc) is 2.53. The highest BCUT2D eigenvalue weighted by Gasteiger charge is 2.27. The van der Waals surface area contributed by atoms with Crippen molar-refractivity contribution in [3.63, 3.8) is 0 Å². The molecule has 23 heavy (non-hydrogen) atoms. The first-order chi connectivity index (χ1) is 11.0. The molecular formula is C16H25N5O2. The Morgan fingerprint density at radius 1 is 1.43 bits per heavy atom. The van der Waals surface area contributed by atoms with Crippen molar-refractivity contribution in [2.45, 2.75) is 58.7 Å². The first-order valence-corrected chi connectivity index (χ1v) is 8.10. The van der Waals surface area contributed by atoms with Crippen molar-refractivity contribution in [1.29, 1.82) is 0 Å². The van der Waals surface area contributed by atoms with Crippen LogP contribution in [0.5, 0.6) is 0 Å². The molecule has 0 aromatic carbocycles. The third kappa shape index (κ3) is 4.91. The molecule has 0 radical (unpaired) electrons. The molecule has 0 bridgehead atoms. The van der Waals surface area contributed by atoms with Crippen LogP contribution in [0.2, 0.25) is 0 Å². The first-order valence-electron chi connectivity index (χ1n) is 8.10. The summed E-state index contributed by atoms with van der Waals surface area (Å²) in [5.41, 5.74) is 0.733. The zero-order valence-corrected chi connectivity index (χ0v) is 14.0. The Morgan fingerprint density at radius 2 is 2.22 bits per heavy atom. The van der Waals surface area contributed by atoms with E-state index in [1.165, 1.54) is 0 Å². The minimum absolute atomic E-state index is 0.0229. The SMILES string of the molecule is Cc1nccc(CNC(=O)N[C@H](C)C(=O)N2CCCC[C@H]2C)n1.